The van der Waals surface area contributed by atoms with Crippen molar-refractivity contribution < 1.29 is 27.5 Å². The number of carbonyl (C=O) groups is 2. The van der Waals surface area contributed by atoms with Crippen molar-refractivity contribution in [1.29, 1.82) is 0 Å². The average Bonchev–Trinajstić information content (AvgIpc) is 2.99. The lowest BCUT2D eigenvalue weighted by molar-refractivity contribution is -0.140. The second-order valence-corrected chi connectivity index (χ2v) is 12.2. The minimum atomic E-state index is -4.25. The molecule has 0 fully saturated rings. The van der Waals surface area contributed by atoms with Crippen LogP contribution >= 0.6 is 0 Å². The highest BCUT2D eigenvalue weighted by atomic mass is 32.2. The molecule has 0 saturated heterocycles. The maximum absolute atomic E-state index is 14.2. The van der Waals surface area contributed by atoms with Gasteiger partial charge in [-0.05, 0) is 66.8 Å². The first kappa shape index (κ1) is 32.5. The van der Waals surface area contributed by atoms with Gasteiger partial charge in [0.1, 0.15) is 24.1 Å². The first-order valence-corrected chi connectivity index (χ1v) is 15.4. The number of nitrogens with one attached hydrogen (secondary N) is 1. The standard InChI is InChI=1S/C32H41N3O6S/c1-7-28(32(37)33-20-23(2)3)34(21-25-13-9-8-12-24(25)4)31(36)22-35(29-14-10-11-15-30(29)41-6)42(38,39)27-18-16-26(40-5)17-19-27/h8-19,23,28H,7,20-22H2,1-6H3,(H,33,37)/t28-/m0/s1. The molecule has 226 valence electrons. The lowest BCUT2D eigenvalue weighted by Gasteiger charge is -2.34. The van der Waals surface area contributed by atoms with Gasteiger partial charge in [-0.15, -0.1) is 0 Å². The van der Waals surface area contributed by atoms with Crippen LogP contribution in [-0.4, -0.2) is 58.5 Å². The van der Waals surface area contributed by atoms with Crippen molar-refractivity contribution in [2.75, 3.05) is 31.6 Å². The molecule has 3 rings (SSSR count). The SMILES string of the molecule is CC[C@@H](C(=O)NCC(C)C)N(Cc1ccccc1C)C(=O)CN(c1ccccc1OC)S(=O)(=O)c1ccc(OC)cc1. The van der Waals surface area contributed by atoms with E-state index in [9.17, 15) is 18.0 Å². The molecule has 3 aromatic carbocycles. The first-order chi connectivity index (χ1) is 20.0. The number of carbonyl (C=O) groups excluding carboxylic acids is 2. The number of benzene rings is 3. The van der Waals surface area contributed by atoms with Crippen molar-refractivity contribution in [3.05, 3.63) is 83.9 Å². The summed E-state index contributed by atoms with van der Waals surface area (Å²) in [5.74, 6) is 0.205. The Hall–Kier alpha value is -4.05. The van der Waals surface area contributed by atoms with Gasteiger partial charge in [-0.3, -0.25) is 13.9 Å². The van der Waals surface area contributed by atoms with Crippen LogP contribution in [0.25, 0.3) is 0 Å². The molecule has 1 N–H and O–H groups in total. The number of rotatable bonds is 14. The van der Waals surface area contributed by atoms with Crippen molar-refractivity contribution in [2.45, 2.75) is 51.6 Å². The molecule has 2 amide bonds. The maximum atomic E-state index is 14.2. The van der Waals surface area contributed by atoms with Crippen molar-refractivity contribution in [3.63, 3.8) is 0 Å². The molecule has 0 unspecified atom stereocenters. The van der Waals surface area contributed by atoms with Gasteiger partial charge in [-0.1, -0.05) is 57.2 Å². The Morgan fingerprint density at radius 2 is 1.55 bits per heavy atom. The summed E-state index contributed by atoms with van der Waals surface area (Å²) in [6.07, 6.45) is 0.349. The Balaban J connectivity index is 2.10. The third kappa shape index (κ3) is 7.82. The van der Waals surface area contributed by atoms with E-state index in [0.717, 1.165) is 15.4 Å². The van der Waals surface area contributed by atoms with Crippen LogP contribution in [0, 0.1) is 12.8 Å². The summed E-state index contributed by atoms with van der Waals surface area (Å²) in [5.41, 5.74) is 2.03. The molecule has 1 atom stereocenters. The highest BCUT2D eigenvalue weighted by molar-refractivity contribution is 7.92. The van der Waals surface area contributed by atoms with Crippen molar-refractivity contribution in [3.8, 4) is 11.5 Å². The lowest BCUT2D eigenvalue weighted by Crippen LogP contribution is -2.52. The smallest absolute Gasteiger partial charge is 0.264 e. The van der Waals surface area contributed by atoms with E-state index < -0.39 is 28.5 Å². The van der Waals surface area contributed by atoms with E-state index in [1.807, 2.05) is 52.0 Å². The fourth-order valence-corrected chi connectivity index (χ4v) is 5.96. The van der Waals surface area contributed by atoms with Gasteiger partial charge < -0.3 is 19.7 Å². The van der Waals surface area contributed by atoms with Gasteiger partial charge in [-0.25, -0.2) is 8.42 Å². The summed E-state index contributed by atoms with van der Waals surface area (Å²) < 4.78 is 39.9. The third-order valence-corrected chi connectivity index (χ3v) is 8.73. The molecule has 0 aliphatic heterocycles. The molecule has 0 saturated carbocycles. The summed E-state index contributed by atoms with van der Waals surface area (Å²) in [4.78, 5) is 29.1. The second kappa shape index (κ2) is 14.7. The highest BCUT2D eigenvalue weighted by Gasteiger charge is 2.35. The van der Waals surface area contributed by atoms with Gasteiger partial charge in [0.25, 0.3) is 10.0 Å². The minimum absolute atomic E-state index is 0.0193. The Bertz CT molecular complexity index is 1460. The lowest BCUT2D eigenvalue weighted by atomic mass is 10.1. The Labute approximate surface area is 249 Å². The average molecular weight is 596 g/mol. The molecule has 0 spiro atoms. The van der Waals surface area contributed by atoms with Crippen molar-refractivity contribution in [1.82, 2.24) is 10.2 Å². The molecule has 0 heterocycles. The second-order valence-electron chi connectivity index (χ2n) is 10.4. The van der Waals surface area contributed by atoms with Gasteiger partial charge >= 0.3 is 0 Å². The number of aryl methyl sites for hydroxylation is 1. The Morgan fingerprint density at radius 3 is 2.14 bits per heavy atom. The molecule has 0 bridgehead atoms. The summed E-state index contributed by atoms with van der Waals surface area (Å²) in [6, 6.07) is 19.4. The molecule has 0 radical (unpaired) electrons. The van der Waals surface area contributed by atoms with Gasteiger partial charge in [0, 0.05) is 13.1 Å². The van der Waals surface area contributed by atoms with Gasteiger partial charge in [0.15, 0.2) is 0 Å². The quantitative estimate of drug-likeness (QED) is 0.288. The summed E-state index contributed by atoms with van der Waals surface area (Å²) >= 11 is 0. The fraction of sp³-hybridized carbons (Fsp3) is 0.375. The van der Waals surface area contributed by atoms with E-state index in [0.29, 0.717) is 18.7 Å². The number of sulfonamides is 1. The molecular weight excluding hydrogens is 554 g/mol. The van der Waals surface area contributed by atoms with E-state index in [1.165, 1.54) is 31.3 Å². The van der Waals surface area contributed by atoms with Crippen LogP contribution in [0.15, 0.2) is 77.7 Å². The number of para-hydroxylation sites is 2. The topological polar surface area (TPSA) is 105 Å². The molecule has 42 heavy (non-hydrogen) atoms. The van der Waals surface area contributed by atoms with Crippen LogP contribution < -0.4 is 19.1 Å². The van der Waals surface area contributed by atoms with Gasteiger partial charge in [-0.2, -0.15) is 0 Å². The molecular formula is C32H41N3O6S. The predicted octanol–water partition coefficient (Wildman–Crippen LogP) is 4.79. The van der Waals surface area contributed by atoms with Gasteiger partial charge in [0.05, 0.1) is 24.8 Å². The fourth-order valence-electron chi connectivity index (χ4n) is 4.54. The van der Waals surface area contributed by atoms with Crippen LogP contribution in [0.4, 0.5) is 5.69 Å². The zero-order valence-electron chi connectivity index (χ0n) is 25.2. The van der Waals surface area contributed by atoms with E-state index in [2.05, 4.69) is 5.32 Å². The number of ether oxygens (including phenoxy) is 2. The minimum Gasteiger partial charge on any atom is -0.497 e. The number of hydrogen-bond donors (Lipinski definition) is 1. The predicted molar refractivity (Wildman–Crippen MR) is 164 cm³/mol. The van der Waals surface area contributed by atoms with Gasteiger partial charge in [0.2, 0.25) is 11.8 Å². The molecule has 9 nitrogen and oxygen atoms in total. The molecule has 0 aromatic heterocycles. The zero-order valence-corrected chi connectivity index (χ0v) is 26.0. The van der Waals surface area contributed by atoms with E-state index in [4.69, 9.17) is 9.47 Å². The van der Waals surface area contributed by atoms with Crippen molar-refractivity contribution >= 4 is 27.5 Å². The normalized spacial score (nSPS) is 12.0. The van der Waals surface area contributed by atoms with Crippen LogP contribution in [0.1, 0.15) is 38.3 Å². The van der Waals surface area contributed by atoms with E-state index in [-0.39, 0.29) is 34.7 Å². The Morgan fingerprint density at radius 1 is 0.905 bits per heavy atom. The van der Waals surface area contributed by atoms with E-state index >= 15 is 0 Å². The largest absolute Gasteiger partial charge is 0.497 e. The first-order valence-electron chi connectivity index (χ1n) is 13.9. The van der Waals surface area contributed by atoms with E-state index in [1.54, 1.807) is 36.4 Å². The Kier molecular flexibility index (Phi) is 11.4. The van der Waals surface area contributed by atoms with Crippen LogP contribution in [0.2, 0.25) is 0 Å². The number of anilines is 1. The summed E-state index contributed by atoms with van der Waals surface area (Å²) in [6.45, 7) is 7.81. The third-order valence-electron chi connectivity index (χ3n) is 6.95. The zero-order chi connectivity index (χ0) is 30.9. The van der Waals surface area contributed by atoms with Crippen LogP contribution in [0.3, 0.4) is 0 Å². The molecule has 0 aliphatic rings. The summed E-state index contributed by atoms with van der Waals surface area (Å²) in [5, 5.41) is 2.94. The van der Waals surface area contributed by atoms with Crippen LogP contribution in [-0.2, 0) is 26.2 Å². The highest BCUT2D eigenvalue weighted by Crippen LogP contribution is 2.33. The molecule has 10 heteroatoms. The number of hydrogen-bond acceptors (Lipinski definition) is 6. The number of nitrogens with zero attached hydrogens (tertiary/aromatic N) is 2. The van der Waals surface area contributed by atoms with Crippen molar-refractivity contribution in [2.24, 2.45) is 5.92 Å². The maximum Gasteiger partial charge on any atom is 0.264 e. The molecule has 0 aliphatic carbocycles. The number of methoxy groups -OCH3 is 2. The summed E-state index contributed by atoms with van der Waals surface area (Å²) in [7, 11) is -1.31. The van der Waals surface area contributed by atoms with Crippen LogP contribution in [0.5, 0.6) is 11.5 Å². The number of amides is 2. The monoisotopic (exact) mass is 595 g/mol. The molecule has 3 aromatic rings.